The van der Waals surface area contributed by atoms with Gasteiger partial charge in [0.05, 0.1) is 4.92 Å². The van der Waals surface area contributed by atoms with Crippen LogP contribution >= 0.6 is 0 Å². The van der Waals surface area contributed by atoms with E-state index in [0.717, 1.165) is 0 Å². The van der Waals surface area contributed by atoms with Gasteiger partial charge in [0.15, 0.2) is 0 Å². The van der Waals surface area contributed by atoms with Gasteiger partial charge in [-0.1, -0.05) is 6.07 Å². The lowest BCUT2D eigenvalue weighted by Crippen LogP contribution is -2.22. The second-order valence-corrected chi connectivity index (χ2v) is 3.41. The van der Waals surface area contributed by atoms with Crippen molar-refractivity contribution in [2.45, 2.75) is 6.92 Å². The van der Waals surface area contributed by atoms with E-state index in [2.05, 4.69) is 0 Å². The molecule has 0 atom stereocenters. The highest BCUT2D eigenvalue weighted by atomic mass is 16.6. The molecule has 0 heterocycles. The molecule has 0 aliphatic carbocycles. The standard InChI is InChI=1S/C10H12N2O3/c1-7-8(10(13)11(2)3)5-4-6-9(7)12(14)15/h4-6H,1-3H3. The fourth-order valence-electron chi connectivity index (χ4n) is 1.29. The maximum atomic E-state index is 11.6. The van der Waals surface area contributed by atoms with E-state index in [4.69, 9.17) is 0 Å². The summed E-state index contributed by atoms with van der Waals surface area (Å²) in [7, 11) is 3.22. The molecule has 15 heavy (non-hydrogen) atoms. The van der Waals surface area contributed by atoms with Crippen molar-refractivity contribution in [2.75, 3.05) is 14.1 Å². The lowest BCUT2D eigenvalue weighted by molar-refractivity contribution is -0.385. The van der Waals surface area contributed by atoms with Gasteiger partial charge in [-0.2, -0.15) is 0 Å². The number of hydrogen-bond donors (Lipinski definition) is 0. The van der Waals surface area contributed by atoms with Gasteiger partial charge in [-0.3, -0.25) is 14.9 Å². The molecule has 1 amide bonds. The third-order valence-electron chi connectivity index (χ3n) is 2.14. The largest absolute Gasteiger partial charge is 0.345 e. The van der Waals surface area contributed by atoms with Crippen LogP contribution in [0.3, 0.4) is 0 Å². The van der Waals surface area contributed by atoms with E-state index >= 15 is 0 Å². The summed E-state index contributed by atoms with van der Waals surface area (Å²) in [6.45, 7) is 1.58. The Balaban J connectivity index is 3.27. The summed E-state index contributed by atoms with van der Waals surface area (Å²) in [5.41, 5.74) is 0.748. The molecule has 5 heteroatoms. The lowest BCUT2D eigenvalue weighted by Gasteiger charge is -2.11. The van der Waals surface area contributed by atoms with Crippen LogP contribution in [0.15, 0.2) is 18.2 Å². The van der Waals surface area contributed by atoms with E-state index in [-0.39, 0.29) is 11.6 Å². The summed E-state index contributed by atoms with van der Waals surface area (Å²) in [6, 6.07) is 4.49. The molecule has 1 aromatic carbocycles. The first-order chi connectivity index (χ1) is 6.95. The Hall–Kier alpha value is -1.91. The van der Waals surface area contributed by atoms with Crippen molar-refractivity contribution in [3.63, 3.8) is 0 Å². The average molecular weight is 208 g/mol. The van der Waals surface area contributed by atoms with Crippen LogP contribution < -0.4 is 0 Å². The van der Waals surface area contributed by atoms with Crippen molar-refractivity contribution in [3.05, 3.63) is 39.4 Å². The Morgan fingerprint density at radius 3 is 2.47 bits per heavy atom. The third-order valence-corrected chi connectivity index (χ3v) is 2.14. The Morgan fingerprint density at radius 2 is 2.00 bits per heavy atom. The Bertz CT molecular complexity index is 413. The van der Waals surface area contributed by atoms with Crippen molar-refractivity contribution in [1.82, 2.24) is 4.90 Å². The van der Waals surface area contributed by atoms with Crippen molar-refractivity contribution < 1.29 is 9.72 Å². The van der Waals surface area contributed by atoms with Crippen LogP contribution in [0.25, 0.3) is 0 Å². The molecule has 0 spiro atoms. The molecule has 1 rings (SSSR count). The summed E-state index contributed by atoms with van der Waals surface area (Å²) in [4.78, 5) is 23.2. The molecule has 0 N–H and O–H groups in total. The van der Waals surface area contributed by atoms with E-state index < -0.39 is 4.92 Å². The number of nitro benzene ring substituents is 1. The molecule has 0 aliphatic rings. The monoisotopic (exact) mass is 208 g/mol. The number of carbonyl (C=O) groups excluding carboxylic acids is 1. The van der Waals surface area contributed by atoms with Gasteiger partial charge in [0.2, 0.25) is 0 Å². The number of nitrogens with zero attached hydrogens (tertiary/aromatic N) is 2. The smallest absolute Gasteiger partial charge is 0.273 e. The maximum absolute atomic E-state index is 11.6. The fourth-order valence-corrected chi connectivity index (χ4v) is 1.29. The van der Waals surface area contributed by atoms with Crippen LogP contribution in [-0.2, 0) is 0 Å². The minimum atomic E-state index is -0.484. The van der Waals surface area contributed by atoms with Crippen LogP contribution in [0.5, 0.6) is 0 Å². The first-order valence-electron chi connectivity index (χ1n) is 4.40. The minimum Gasteiger partial charge on any atom is -0.345 e. The van der Waals surface area contributed by atoms with Crippen LogP contribution in [0.1, 0.15) is 15.9 Å². The molecule has 0 bridgehead atoms. The highest BCUT2D eigenvalue weighted by molar-refractivity contribution is 5.96. The van der Waals surface area contributed by atoms with Gasteiger partial charge in [-0.15, -0.1) is 0 Å². The van der Waals surface area contributed by atoms with Crippen LogP contribution in [0.2, 0.25) is 0 Å². The number of carbonyl (C=O) groups is 1. The first-order valence-corrected chi connectivity index (χ1v) is 4.40. The average Bonchev–Trinajstić information content (AvgIpc) is 2.16. The highest BCUT2D eigenvalue weighted by Crippen LogP contribution is 2.21. The van der Waals surface area contributed by atoms with Gasteiger partial charge in [0, 0.05) is 31.3 Å². The number of benzene rings is 1. The van der Waals surface area contributed by atoms with Gasteiger partial charge < -0.3 is 4.90 Å². The van der Waals surface area contributed by atoms with E-state index in [0.29, 0.717) is 11.1 Å². The zero-order valence-corrected chi connectivity index (χ0v) is 8.85. The van der Waals surface area contributed by atoms with Gasteiger partial charge in [0.25, 0.3) is 11.6 Å². The predicted molar refractivity (Wildman–Crippen MR) is 55.9 cm³/mol. The fraction of sp³-hybridized carbons (Fsp3) is 0.300. The lowest BCUT2D eigenvalue weighted by atomic mass is 10.1. The quantitative estimate of drug-likeness (QED) is 0.547. The second kappa shape index (κ2) is 4.08. The molecular weight excluding hydrogens is 196 g/mol. The van der Waals surface area contributed by atoms with Crippen molar-refractivity contribution >= 4 is 11.6 Å². The Morgan fingerprint density at radius 1 is 1.40 bits per heavy atom. The van der Waals surface area contributed by atoms with Crippen LogP contribution in [-0.4, -0.2) is 29.8 Å². The summed E-state index contributed by atoms with van der Waals surface area (Å²) in [5.74, 6) is -0.226. The van der Waals surface area contributed by atoms with E-state index in [9.17, 15) is 14.9 Å². The SMILES string of the molecule is Cc1c(C(=O)N(C)C)cccc1[N+](=O)[O-]. The topological polar surface area (TPSA) is 63.5 Å². The molecule has 0 unspecified atom stereocenters. The number of rotatable bonds is 2. The third kappa shape index (κ3) is 2.12. The molecule has 0 radical (unpaired) electrons. The molecule has 5 nitrogen and oxygen atoms in total. The van der Waals surface area contributed by atoms with Crippen molar-refractivity contribution in [1.29, 1.82) is 0 Å². The maximum Gasteiger partial charge on any atom is 0.273 e. The summed E-state index contributed by atoms with van der Waals surface area (Å²) in [5, 5.41) is 10.6. The zero-order valence-electron chi connectivity index (χ0n) is 8.85. The van der Waals surface area contributed by atoms with Crippen LogP contribution in [0.4, 0.5) is 5.69 Å². The van der Waals surface area contributed by atoms with Gasteiger partial charge in [0.1, 0.15) is 0 Å². The second-order valence-electron chi connectivity index (χ2n) is 3.41. The summed E-state index contributed by atoms with van der Waals surface area (Å²) >= 11 is 0. The van der Waals surface area contributed by atoms with Crippen molar-refractivity contribution in [2.24, 2.45) is 0 Å². The van der Waals surface area contributed by atoms with Gasteiger partial charge in [-0.05, 0) is 13.0 Å². The van der Waals surface area contributed by atoms with E-state index in [1.165, 1.54) is 17.0 Å². The Kier molecular flexibility index (Phi) is 3.04. The van der Waals surface area contributed by atoms with Crippen molar-refractivity contribution in [3.8, 4) is 0 Å². The molecule has 0 saturated carbocycles. The number of hydrogen-bond acceptors (Lipinski definition) is 3. The normalized spacial score (nSPS) is 9.80. The molecule has 0 saturated heterocycles. The summed E-state index contributed by atoms with van der Waals surface area (Å²) in [6.07, 6.45) is 0. The van der Waals surface area contributed by atoms with Gasteiger partial charge in [-0.25, -0.2) is 0 Å². The molecule has 80 valence electrons. The molecule has 0 aliphatic heterocycles. The highest BCUT2D eigenvalue weighted by Gasteiger charge is 2.18. The van der Waals surface area contributed by atoms with Crippen LogP contribution in [0, 0.1) is 17.0 Å². The number of amides is 1. The van der Waals surface area contributed by atoms with E-state index in [1.807, 2.05) is 0 Å². The number of nitro groups is 1. The Labute approximate surface area is 87.5 Å². The molecule has 1 aromatic rings. The zero-order chi connectivity index (χ0) is 11.6. The summed E-state index contributed by atoms with van der Waals surface area (Å²) < 4.78 is 0. The molecular formula is C10H12N2O3. The first kappa shape index (κ1) is 11.2. The minimum absolute atomic E-state index is 0.0253. The predicted octanol–water partition coefficient (Wildman–Crippen LogP) is 1.61. The van der Waals surface area contributed by atoms with Gasteiger partial charge >= 0.3 is 0 Å². The van der Waals surface area contributed by atoms with E-state index in [1.54, 1.807) is 27.1 Å². The molecule has 0 fully saturated rings. The molecule has 0 aromatic heterocycles.